The molecule has 4 heteroatoms. The molecule has 1 aliphatic carbocycles. The van der Waals surface area contributed by atoms with Crippen LogP contribution in [0.2, 0.25) is 5.02 Å². The Balaban J connectivity index is 1.61. The number of ketones is 1. The van der Waals surface area contributed by atoms with Crippen LogP contribution in [-0.2, 0) is 6.54 Å². The monoisotopic (exact) mass is 315 g/mol. The van der Waals surface area contributed by atoms with Gasteiger partial charge in [0, 0.05) is 31.5 Å². The van der Waals surface area contributed by atoms with Crippen molar-refractivity contribution in [2.45, 2.75) is 12.5 Å². The third-order valence-corrected chi connectivity index (χ3v) is 5.05. The first-order valence-corrected chi connectivity index (χ1v) is 7.81. The average Bonchev–Trinajstić information content (AvgIpc) is 3.03. The zero-order chi connectivity index (χ0) is 15.3. The van der Waals surface area contributed by atoms with Gasteiger partial charge in [-0.1, -0.05) is 48.0 Å². The first-order chi connectivity index (χ1) is 10.6. The zero-order valence-electron chi connectivity index (χ0n) is 11.9. The van der Waals surface area contributed by atoms with E-state index in [1.165, 1.54) is 5.56 Å². The minimum absolute atomic E-state index is 0.0354. The van der Waals surface area contributed by atoms with Gasteiger partial charge in [0.25, 0.3) is 0 Å². The number of fused-ring (bicyclic) bond motifs is 3. The van der Waals surface area contributed by atoms with Crippen LogP contribution in [0.5, 0.6) is 0 Å². The summed E-state index contributed by atoms with van der Waals surface area (Å²) in [7, 11) is 0. The maximum Gasteiger partial charge on any atom is 0.171 e. The fourth-order valence-corrected chi connectivity index (χ4v) is 3.90. The molecule has 22 heavy (non-hydrogen) atoms. The van der Waals surface area contributed by atoms with E-state index in [1.807, 2.05) is 24.3 Å². The second kappa shape index (κ2) is 5.18. The Morgan fingerprint density at radius 2 is 1.82 bits per heavy atom. The van der Waals surface area contributed by atoms with E-state index in [0.29, 0.717) is 6.54 Å². The highest BCUT2D eigenvalue weighted by Gasteiger charge is 2.47. The molecule has 2 nitrogen and oxygen atoms in total. The predicted molar refractivity (Wildman–Crippen MR) is 83.7 cm³/mol. The summed E-state index contributed by atoms with van der Waals surface area (Å²) < 4.78 is 14.1. The molecule has 1 fully saturated rings. The lowest BCUT2D eigenvalue weighted by Crippen LogP contribution is -2.23. The number of carbonyl (C=O) groups is 1. The van der Waals surface area contributed by atoms with E-state index in [-0.39, 0.29) is 28.2 Å². The van der Waals surface area contributed by atoms with E-state index in [0.717, 1.165) is 18.7 Å². The van der Waals surface area contributed by atoms with E-state index in [9.17, 15) is 9.18 Å². The van der Waals surface area contributed by atoms with Crippen molar-refractivity contribution < 1.29 is 9.18 Å². The SMILES string of the molecule is O=C1c2c(ccc(Cl)c2F)C2CN(Cc3ccccc3)CC12. The van der Waals surface area contributed by atoms with Crippen LogP contribution in [0, 0.1) is 11.7 Å². The van der Waals surface area contributed by atoms with Crippen LogP contribution in [0.15, 0.2) is 42.5 Å². The Bertz CT molecular complexity index is 746. The zero-order valence-corrected chi connectivity index (χ0v) is 12.7. The summed E-state index contributed by atoms with van der Waals surface area (Å²) in [5.74, 6) is -0.673. The van der Waals surface area contributed by atoms with Crippen molar-refractivity contribution in [1.82, 2.24) is 4.90 Å². The minimum Gasteiger partial charge on any atom is -0.298 e. The smallest absolute Gasteiger partial charge is 0.171 e. The maximum atomic E-state index is 14.1. The summed E-state index contributed by atoms with van der Waals surface area (Å²) in [6, 6.07) is 13.6. The molecule has 4 rings (SSSR count). The van der Waals surface area contributed by atoms with Crippen molar-refractivity contribution in [3.63, 3.8) is 0 Å². The summed E-state index contributed by atoms with van der Waals surface area (Å²) in [6.07, 6.45) is 0. The Morgan fingerprint density at radius 3 is 2.59 bits per heavy atom. The topological polar surface area (TPSA) is 20.3 Å². The van der Waals surface area contributed by atoms with E-state index >= 15 is 0 Å². The Kier molecular flexibility index (Phi) is 3.28. The average molecular weight is 316 g/mol. The molecule has 2 aromatic carbocycles. The maximum absolute atomic E-state index is 14.1. The molecular weight excluding hydrogens is 301 g/mol. The highest BCUT2D eigenvalue weighted by molar-refractivity contribution is 6.31. The van der Waals surface area contributed by atoms with E-state index < -0.39 is 5.82 Å². The third-order valence-electron chi connectivity index (χ3n) is 4.75. The van der Waals surface area contributed by atoms with Crippen LogP contribution in [-0.4, -0.2) is 23.8 Å². The van der Waals surface area contributed by atoms with Crippen LogP contribution >= 0.6 is 11.6 Å². The summed E-state index contributed by atoms with van der Waals surface area (Å²) in [5, 5.41) is 0.0354. The summed E-state index contributed by atoms with van der Waals surface area (Å²) in [4.78, 5) is 14.8. The van der Waals surface area contributed by atoms with E-state index in [4.69, 9.17) is 11.6 Å². The molecule has 1 aliphatic heterocycles. The van der Waals surface area contributed by atoms with Gasteiger partial charge in [0.2, 0.25) is 0 Å². The lowest BCUT2D eigenvalue weighted by molar-refractivity contribution is 0.0928. The number of Topliss-reactive ketones (excluding diaryl/α,β-unsaturated/α-hetero) is 1. The molecule has 2 aromatic rings. The van der Waals surface area contributed by atoms with Gasteiger partial charge in [0.15, 0.2) is 11.6 Å². The molecule has 0 spiro atoms. The van der Waals surface area contributed by atoms with Crippen LogP contribution in [0.1, 0.15) is 27.4 Å². The number of hydrogen-bond acceptors (Lipinski definition) is 2. The molecule has 0 saturated carbocycles. The van der Waals surface area contributed by atoms with Gasteiger partial charge >= 0.3 is 0 Å². The molecule has 2 aliphatic rings. The molecule has 2 unspecified atom stereocenters. The van der Waals surface area contributed by atoms with Gasteiger partial charge < -0.3 is 0 Å². The highest BCUT2D eigenvalue weighted by Crippen LogP contribution is 2.45. The van der Waals surface area contributed by atoms with Gasteiger partial charge in [-0.3, -0.25) is 9.69 Å². The fourth-order valence-electron chi connectivity index (χ4n) is 3.75. The number of likely N-dealkylation sites (tertiary alicyclic amines) is 1. The molecule has 0 aromatic heterocycles. The molecular formula is C18H15ClFNO. The Labute approximate surface area is 133 Å². The van der Waals surface area contributed by atoms with Gasteiger partial charge in [0.1, 0.15) is 0 Å². The number of nitrogens with zero attached hydrogens (tertiary/aromatic N) is 1. The van der Waals surface area contributed by atoms with Crippen molar-refractivity contribution in [3.8, 4) is 0 Å². The van der Waals surface area contributed by atoms with Crippen LogP contribution in [0.4, 0.5) is 4.39 Å². The van der Waals surface area contributed by atoms with Gasteiger partial charge in [-0.2, -0.15) is 0 Å². The van der Waals surface area contributed by atoms with Gasteiger partial charge in [-0.15, -0.1) is 0 Å². The van der Waals surface area contributed by atoms with Crippen molar-refractivity contribution >= 4 is 17.4 Å². The standard InChI is InChI=1S/C18H15ClFNO/c19-15-7-6-12-13-9-21(8-11-4-2-1-3-5-11)10-14(13)18(22)16(12)17(15)20/h1-7,13-14H,8-10H2. The van der Waals surface area contributed by atoms with Crippen molar-refractivity contribution in [1.29, 1.82) is 0 Å². The number of rotatable bonds is 2. The van der Waals surface area contributed by atoms with E-state index in [2.05, 4.69) is 17.0 Å². The van der Waals surface area contributed by atoms with Gasteiger partial charge in [-0.25, -0.2) is 4.39 Å². The second-order valence-electron chi connectivity index (χ2n) is 6.08. The third kappa shape index (κ3) is 2.08. The predicted octanol–water partition coefficient (Wildman–Crippen LogP) is 3.89. The summed E-state index contributed by atoms with van der Waals surface area (Å²) in [6.45, 7) is 2.30. The summed E-state index contributed by atoms with van der Waals surface area (Å²) in [5.41, 5.74) is 2.28. The molecule has 0 bridgehead atoms. The highest BCUT2D eigenvalue weighted by atomic mass is 35.5. The molecule has 1 saturated heterocycles. The molecule has 2 atom stereocenters. The van der Waals surface area contributed by atoms with Crippen LogP contribution < -0.4 is 0 Å². The molecule has 0 N–H and O–H groups in total. The first-order valence-electron chi connectivity index (χ1n) is 7.43. The quantitative estimate of drug-likeness (QED) is 0.838. The molecule has 112 valence electrons. The van der Waals surface area contributed by atoms with Gasteiger partial charge in [0.05, 0.1) is 10.6 Å². The van der Waals surface area contributed by atoms with Crippen molar-refractivity contribution in [3.05, 3.63) is 70.0 Å². The number of hydrogen-bond donors (Lipinski definition) is 0. The number of halogens is 2. The molecule has 1 heterocycles. The number of benzene rings is 2. The summed E-state index contributed by atoms with van der Waals surface area (Å²) >= 11 is 5.81. The lowest BCUT2D eigenvalue weighted by atomic mass is 9.96. The molecule has 0 amide bonds. The Hall–Kier alpha value is -1.71. The normalized spacial score (nSPS) is 23.6. The lowest BCUT2D eigenvalue weighted by Gasteiger charge is -2.17. The fraction of sp³-hybridized carbons (Fsp3) is 0.278. The van der Waals surface area contributed by atoms with Crippen LogP contribution in [0.25, 0.3) is 0 Å². The van der Waals surface area contributed by atoms with Crippen molar-refractivity contribution in [2.24, 2.45) is 5.92 Å². The van der Waals surface area contributed by atoms with Gasteiger partial charge in [-0.05, 0) is 17.2 Å². The Morgan fingerprint density at radius 1 is 1.09 bits per heavy atom. The van der Waals surface area contributed by atoms with Crippen LogP contribution in [0.3, 0.4) is 0 Å². The molecule has 0 radical (unpaired) electrons. The minimum atomic E-state index is -0.548. The second-order valence-corrected chi connectivity index (χ2v) is 6.49. The van der Waals surface area contributed by atoms with Crippen molar-refractivity contribution in [2.75, 3.05) is 13.1 Å². The number of carbonyl (C=O) groups excluding carboxylic acids is 1. The largest absolute Gasteiger partial charge is 0.298 e. The first kappa shape index (κ1) is 13.9. The van der Waals surface area contributed by atoms with E-state index in [1.54, 1.807) is 6.07 Å².